The number of imide groups is 1. The van der Waals surface area contributed by atoms with E-state index in [9.17, 15) is 19.2 Å². The Morgan fingerprint density at radius 1 is 1.00 bits per heavy atom. The first-order valence-corrected chi connectivity index (χ1v) is 11.0. The topological polar surface area (TPSA) is 86.8 Å². The molecule has 30 heavy (non-hydrogen) atoms. The molecule has 1 N–H and O–H groups in total. The molecule has 3 aliphatic rings. The van der Waals surface area contributed by atoms with Crippen LogP contribution < -0.4 is 5.32 Å². The lowest BCUT2D eigenvalue weighted by Gasteiger charge is -2.33. The second-order valence-corrected chi connectivity index (χ2v) is 8.81. The van der Waals surface area contributed by atoms with Crippen LogP contribution in [0.4, 0.5) is 5.69 Å². The molecular weight excluding hydrogens is 382 g/mol. The Balaban J connectivity index is 1.29. The molecule has 7 heteroatoms. The van der Waals surface area contributed by atoms with Gasteiger partial charge in [0.1, 0.15) is 6.54 Å². The first-order chi connectivity index (χ1) is 14.5. The van der Waals surface area contributed by atoms with Crippen LogP contribution in [0.5, 0.6) is 0 Å². The molecule has 1 saturated carbocycles. The highest BCUT2D eigenvalue weighted by molar-refractivity contribution is 6.08. The van der Waals surface area contributed by atoms with Gasteiger partial charge in [-0.05, 0) is 37.8 Å². The SMILES string of the molecule is O=C(Nc1ccccc1)C1CCN(C(=O)CN2C(=O)CC3(CCCCC3)C2=O)CC1. The summed E-state index contributed by atoms with van der Waals surface area (Å²) in [7, 11) is 0. The zero-order chi connectivity index (χ0) is 21.1. The highest BCUT2D eigenvalue weighted by Crippen LogP contribution is 2.45. The molecule has 4 rings (SSSR count). The minimum absolute atomic E-state index is 0.0302. The van der Waals surface area contributed by atoms with E-state index in [0.29, 0.717) is 25.9 Å². The molecule has 2 aliphatic heterocycles. The van der Waals surface area contributed by atoms with Crippen molar-refractivity contribution in [1.82, 2.24) is 9.80 Å². The summed E-state index contributed by atoms with van der Waals surface area (Å²) in [6, 6.07) is 9.33. The van der Waals surface area contributed by atoms with Gasteiger partial charge in [0, 0.05) is 31.1 Å². The van der Waals surface area contributed by atoms with Crippen molar-refractivity contribution in [2.75, 3.05) is 25.0 Å². The van der Waals surface area contributed by atoms with Crippen LogP contribution in [0.3, 0.4) is 0 Å². The van der Waals surface area contributed by atoms with Crippen LogP contribution in [0.1, 0.15) is 51.4 Å². The summed E-state index contributed by atoms with van der Waals surface area (Å²) >= 11 is 0. The molecule has 1 aliphatic carbocycles. The second-order valence-electron chi connectivity index (χ2n) is 8.81. The third kappa shape index (κ3) is 4.11. The van der Waals surface area contributed by atoms with Gasteiger partial charge in [-0.2, -0.15) is 0 Å². The quantitative estimate of drug-likeness (QED) is 0.772. The number of piperidine rings is 1. The van der Waals surface area contributed by atoms with Gasteiger partial charge in [0.25, 0.3) is 0 Å². The molecule has 0 aromatic heterocycles. The Kier molecular flexibility index (Phi) is 5.88. The predicted molar refractivity (Wildman–Crippen MR) is 111 cm³/mol. The lowest BCUT2D eigenvalue weighted by atomic mass is 9.73. The summed E-state index contributed by atoms with van der Waals surface area (Å²) in [6.07, 6.45) is 5.97. The van der Waals surface area contributed by atoms with Crippen molar-refractivity contribution in [3.05, 3.63) is 30.3 Å². The Morgan fingerprint density at radius 3 is 2.33 bits per heavy atom. The summed E-state index contributed by atoms with van der Waals surface area (Å²) < 4.78 is 0. The van der Waals surface area contributed by atoms with Gasteiger partial charge in [-0.25, -0.2) is 0 Å². The average molecular weight is 412 g/mol. The molecule has 0 bridgehead atoms. The number of hydrogen-bond donors (Lipinski definition) is 1. The van der Waals surface area contributed by atoms with Gasteiger partial charge in [0.05, 0.1) is 5.41 Å². The number of anilines is 1. The monoisotopic (exact) mass is 411 g/mol. The van der Waals surface area contributed by atoms with Crippen molar-refractivity contribution in [2.24, 2.45) is 11.3 Å². The van der Waals surface area contributed by atoms with Crippen molar-refractivity contribution < 1.29 is 19.2 Å². The molecule has 4 amide bonds. The third-order valence-electron chi connectivity index (χ3n) is 6.85. The van der Waals surface area contributed by atoms with Crippen molar-refractivity contribution in [3.8, 4) is 0 Å². The van der Waals surface area contributed by atoms with Crippen molar-refractivity contribution in [2.45, 2.75) is 51.4 Å². The normalized spacial score (nSPS) is 21.9. The zero-order valence-electron chi connectivity index (χ0n) is 17.3. The smallest absolute Gasteiger partial charge is 0.242 e. The number of nitrogens with zero attached hydrogens (tertiary/aromatic N) is 2. The minimum atomic E-state index is -0.557. The number of hydrogen-bond acceptors (Lipinski definition) is 4. The molecule has 1 aromatic rings. The van der Waals surface area contributed by atoms with Crippen LogP contribution in [0.15, 0.2) is 30.3 Å². The van der Waals surface area contributed by atoms with Gasteiger partial charge >= 0.3 is 0 Å². The Hall–Kier alpha value is -2.70. The van der Waals surface area contributed by atoms with Gasteiger partial charge < -0.3 is 10.2 Å². The van der Waals surface area contributed by atoms with E-state index in [-0.39, 0.29) is 42.5 Å². The molecule has 0 atom stereocenters. The van der Waals surface area contributed by atoms with Gasteiger partial charge in [-0.15, -0.1) is 0 Å². The summed E-state index contributed by atoms with van der Waals surface area (Å²) in [5.41, 5.74) is 0.210. The Morgan fingerprint density at radius 2 is 1.67 bits per heavy atom. The fourth-order valence-electron chi connectivity index (χ4n) is 5.03. The maximum absolute atomic E-state index is 12.9. The summed E-state index contributed by atoms with van der Waals surface area (Å²) in [6.45, 7) is 0.764. The van der Waals surface area contributed by atoms with Crippen LogP contribution in [0, 0.1) is 11.3 Å². The average Bonchev–Trinajstić information content (AvgIpc) is 2.98. The van der Waals surface area contributed by atoms with Gasteiger partial charge in [-0.3, -0.25) is 24.1 Å². The Labute approximate surface area is 176 Å². The van der Waals surface area contributed by atoms with Crippen molar-refractivity contribution in [3.63, 3.8) is 0 Å². The van der Waals surface area contributed by atoms with E-state index < -0.39 is 5.41 Å². The van der Waals surface area contributed by atoms with E-state index in [4.69, 9.17) is 0 Å². The standard InChI is InChI=1S/C23H29N3O4/c27-19-15-23(11-5-2-6-12-23)22(30)26(19)16-20(28)25-13-9-17(10-14-25)21(29)24-18-7-3-1-4-8-18/h1,3-4,7-8,17H,2,5-6,9-16H2,(H,24,29). The fraction of sp³-hybridized carbons (Fsp3) is 0.565. The zero-order valence-corrected chi connectivity index (χ0v) is 17.3. The van der Waals surface area contributed by atoms with E-state index in [1.165, 1.54) is 4.90 Å². The summed E-state index contributed by atoms with van der Waals surface area (Å²) in [4.78, 5) is 53.5. The first kappa shape index (κ1) is 20.6. The molecule has 2 heterocycles. The van der Waals surface area contributed by atoms with E-state index in [0.717, 1.165) is 37.8 Å². The maximum Gasteiger partial charge on any atom is 0.242 e. The molecule has 0 radical (unpaired) electrons. The minimum Gasteiger partial charge on any atom is -0.341 e. The van der Waals surface area contributed by atoms with Crippen LogP contribution >= 0.6 is 0 Å². The van der Waals surface area contributed by atoms with Crippen LogP contribution in [0.25, 0.3) is 0 Å². The maximum atomic E-state index is 12.9. The van der Waals surface area contributed by atoms with Crippen molar-refractivity contribution in [1.29, 1.82) is 0 Å². The number of carbonyl (C=O) groups is 4. The van der Waals surface area contributed by atoms with Crippen LogP contribution in [0.2, 0.25) is 0 Å². The highest BCUT2D eigenvalue weighted by atomic mass is 16.2. The largest absolute Gasteiger partial charge is 0.341 e. The molecule has 1 aromatic carbocycles. The second kappa shape index (κ2) is 8.58. The fourth-order valence-corrected chi connectivity index (χ4v) is 5.03. The molecule has 1 spiro atoms. The number of amides is 4. The van der Waals surface area contributed by atoms with E-state index in [1.54, 1.807) is 4.90 Å². The van der Waals surface area contributed by atoms with Crippen molar-refractivity contribution >= 4 is 29.3 Å². The lowest BCUT2D eigenvalue weighted by molar-refractivity contribution is -0.148. The number of para-hydroxylation sites is 1. The molecule has 3 fully saturated rings. The number of rotatable bonds is 4. The van der Waals surface area contributed by atoms with Gasteiger partial charge in [-0.1, -0.05) is 37.5 Å². The number of carbonyl (C=O) groups excluding carboxylic acids is 4. The van der Waals surface area contributed by atoms with Gasteiger partial charge in [0.2, 0.25) is 23.6 Å². The first-order valence-electron chi connectivity index (χ1n) is 11.0. The van der Waals surface area contributed by atoms with E-state index in [1.807, 2.05) is 30.3 Å². The molecule has 2 saturated heterocycles. The molecular formula is C23H29N3O4. The number of likely N-dealkylation sites (tertiary alicyclic amines) is 2. The number of benzene rings is 1. The summed E-state index contributed by atoms with van der Waals surface area (Å²) in [5.74, 6) is -0.747. The van der Waals surface area contributed by atoms with Crippen LogP contribution in [-0.2, 0) is 19.2 Å². The Bertz CT molecular complexity index is 824. The summed E-state index contributed by atoms with van der Waals surface area (Å²) in [5, 5.41) is 2.92. The predicted octanol–water partition coefficient (Wildman–Crippen LogP) is 2.57. The third-order valence-corrected chi connectivity index (χ3v) is 6.85. The van der Waals surface area contributed by atoms with Gasteiger partial charge in [0.15, 0.2) is 0 Å². The number of nitrogens with one attached hydrogen (secondary N) is 1. The van der Waals surface area contributed by atoms with E-state index in [2.05, 4.69) is 5.32 Å². The molecule has 160 valence electrons. The lowest BCUT2D eigenvalue weighted by Crippen LogP contribution is -2.47. The highest BCUT2D eigenvalue weighted by Gasteiger charge is 2.52. The molecule has 7 nitrogen and oxygen atoms in total. The van der Waals surface area contributed by atoms with E-state index >= 15 is 0 Å². The van der Waals surface area contributed by atoms with Crippen LogP contribution in [-0.4, -0.2) is 53.1 Å². The molecule has 0 unspecified atom stereocenters.